The molecule has 1 aromatic heterocycles. The summed E-state index contributed by atoms with van der Waals surface area (Å²) < 4.78 is 56.7. The molecule has 1 aliphatic rings. The molecule has 0 bridgehead atoms. The van der Waals surface area contributed by atoms with Gasteiger partial charge in [0.2, 0.25) is 0 Å². The number of hydrogen-bond donors (Lipinski definition) is 2. The molecule has 1 aliphatic heterocycles. The van der Waals surface area contributed by atoms with Crippen molar-refractivity contribution in [2.75, 3.05) is 61.8 Å². The smallest absolute Gasteiger partial charge is 0.464 e. The second-order valence-electron chi connectivity index (χ2n) is 12.0. The van der Waals surface area contributed by atoms with E-state index in [0.717, 1.165) is 16.3 Å². The van der Waals surface area contributed by atoms with Crippen LogP contribution in [0.25, 0.3) is 0 Å². The fourth-order valence-electron chi connectivity index (χ4n) is 3.33. The average Bonchev–Trinajstić information content (AvgIpc) is 3.26. The van der Waals surface area contributed by atoms with E-state index in [1.54, 1.807) is 41.5 Å². The minimum atomic E-state index is -4.14. The van der Waals surface area contributed by atoms with Gasteiger partial charge < -0.3 is 20.3 Å². The molecule has 1 saturated heterocycles. The summed E-state index contributed by atoms with van der Waals surface area (Å²) in [6.07, 6.45) is -2.05. The van der Waals surface area contributed by atoms with Crippen molar-refractivity contribution in [3.05, 3.63) is 22.7 Å². The highest BCUT2D eigenvalue weighted by Gasteiger charge is 2.46. The molecule has 0 spiro atoms. The molecule has 4 atom stereocenters. The minimum absolute atomic E-state index is 0.00101. The molecule has 1 fully saturated rings. The molecule has 0 saturated carbocycles. The van der Waals surface area contributed by atoms with Crippen LogP contribution < -0.4 is 11.4 Å². The number of aliphatic hydroxyl groups is 1. The number of nitrogen functional groups attached to an aromatic ring is 1. The number of alkyl halides is 1. The fraction of sp³-hybridized carbons (Fsp3) is 0.778. The molecule has 20 heteroatoms. The van der Waals surface area contributed by atoms with Gasteiger partial charge in [-0.05, 0) is 47.6 Å². The number of rotatable bonds is 20. The first kappa shape index (κ1) is 42.5. The zero-order valence-corrected chi connectivity index (χ0v) is 32.3. The highest BCUT2D eigenvalue weighted by molar-refractivity contribution is 8.77. The molecule has 0 radical (unpaired) electrons. The van der Waals surface area contributed by atoms with E-state index in [1.807, 2.05) is 0 Å². The monoisotopic (exact) mass is 781 g/mol. The van der Waals surface area contributed by atoms with Crippen molar-refractivity contribution >= 4 is 80.5 Å². The number of carbonyl (C=O) groups excluding carboxylic acids is 2. The number of nitrogens with zero attached hydrogens (tertiary/aromatic N) is 2. The Labute approximate surface area is 295 Å². The number of esters is 2. The largest absolute Gasteiger partial charge is 0.474 e. The van der Waals surface area contributed by atoms with Crippen LogP contribution in [0.1, 0.15) is 46.9 Å². The van der Waals surface area contributed by atoms with E-state index in [2.05, 4.69) is 4.98 Å². The molecule has 3 N–H and O–H groups in total. The number of nitrogens with two attached hydrogens (primary N) is 1. The first-order chi connectivity index (χ1) is 21.9. The summed E-state index contributed by atoms with van der Waals surface area (Å²) in [6.45, 7) is 10.8. The van der Waals surface area contributed by atoms with Crippen LogP contribution in [0.3, 0.4) is 0 Å². The Morgan fingerprint density at radius 3 is 1.85 bits per heavy atom. The maximum absolute atomic E-state index is 15.0. The third-order valence-corrected chi connectivity index (χ3v) is 13.5. The quantitative estimate of drug-likeness (QED) is 0.0759. The van der Waals surface area contributed by atoms with Gasteiger partial charge in [-0.3, -0.25) is 27.7 Å². The second kappa shape index (κ2) is 20.3. The standard InChI is InChI=1S/C27H45FN3O10PS5/c1-26(2,3)23(33)37-9-13-43-45-15-11-39-42(36,40-12-16-46-44-14-10-38-24(34)27(4,5)6)41-17-18-21(32)20(28)22(47-18)31-8-7-19(29)30-25(31)35/h7-8,18,20-22,32H,9-17H2,1-6H3,(H2,29,30,35)/t18-,20+,21-,22-/m1/s1. The predicted octanol–water partition coefficient (Wildman–Crippen LogP) is 5.24. The number of phosphoric acid groups is 1. The molecular formula is C27H45FN3O10PS5. The predicted molar refractivity (Wildman–Crippen MR) is 190 cm³/mol. The van der Waals surface area contributed by atoms with Crippen molar-refractivity contribution in [1.82, 2.24) is 9.55 Å². The summed E-state index contributed by atoms with van der Waals surface area (Å²) in [6, 6.07) is 1.35. The average molecular weight is 782 g/mol. The SMILES string of the molecule is CC(C)(C)C(=O)OCCSSCCOP(=O)(OCCSSCCOC(=O)C(C)(C)C)OC[C@H]1S[C@@H](n2ccc(N)nc2=O)[C@@H](F)[C@@H]1O. The van der Waals surface area contributed by atoms with Gasteiger partial charge in [-0.25, -0.2) is 13.8 Å². The third kappa shape index (κ3) is 15.4. The van der Waals surface area contributed by atoms with E-state index >= 15 is 4.39 Å². The summed E-state index contributed by atoms with van der Waals surface area (Å²) >= 11 is 0.940. The van der Waals surface area contributed by atoms with Crippen LogP contribution in [0.5, 0.6) is 0 Å². The molecule has 47 heavy (non-hydrogen) atoms. The van der Waals surface area contributed by atoms with Crippen LogP contribution in [-0.2, 0) is 37.2 Å². The number of anilines is 1. The summed E-state index contributed by atoms with van der Waals surface area (Å²) in [5.41, 5.74) is 3.62. The number of halogens is 1. The van der Waals surface area contributed by atoms with Crippen LogP contribution >= 0.6 is 62.8 Å². The molecule has 13 nitrogen and oxygen atoms in total. The van der Waals surface area contributed by atoms with Gasteiger partial charge in [0.05, 0.1) is 35.9 Å². The number of ether oxygens (including phenoxy) is 2. The van der Waals surface area contributed by atoms with E-state index in [0.29, 0.717) is 23.0 Å². The Balaban J connectivity index is 1.86. The Morgan fingerprint density at radius 2 is 1.40 bits per heavy atom. The van der Waals surface area contributed by atoms with Gasteiger partial charge >= 0.3 is 25.5 Å². The molecular weight excluding hydrogens is 737 g/mol. The third-order valence-electron chi connectivity index (χ3n) is 5.84. The molecule has 270 valence electrons. The Kier molecular flexibility index (Phi) is 18.4. The molecule has 0 unspecified atom stereocenters. The summed E-state index contributed by atoms with van der Waals surface area (Å²) in [7, 11) is 1.62. The van der Waals surface area contributed by atoms with Gasteiger partial charge in [0.25, 0.3) is 0 Å². The van der Waals surface area contributed by atoms with Crippen LogP contribution in [0.4, 0.5) is 10.2 Å². The van der Waals surface area contributed by atoms with Gasteiger partial charge in [0, 0.05) is 29.2 Å². The molecule has 0 amide bonds. The van der Waals surface area contributed by atoms with Crippen LogP contribution in [0.2, 0.25) is 0 Å². The van der Waals surface area contributed by atoms with E-state index in [-0.39, 0.29) is 50.8 Å². The van der Waals surface area contributed by atoms with Gasteiger partial charge in [-0.2, -0.15) is 4.98 Å². The number of carbonyl (C=O) groups is 2. The number of thioether (sulfide) groups is 1. The first-order valence-electron chi connectivity index (χ1n) is 14.6. The lowest BCUT2D eigenvalue weighted by Crippen LogP contribution is -2.33. The zero-order valence-electron chi connectivity index (χ0n) is 27.3. The van der Waals surface area contributed by atoms with Gasteiger partial charge in [0.1, 0.15) is 30.5 Å². The van der Waals surface area contributed by atoms with Crippen LogP contribution in [0, 0.1) is 10.8 Å². The normalized spacial score (nSPS) is 20.3. The minimum Gasteiger partial charge on any atom is -0.464 e. The Bertz CT molecular complexity index is 1210. The topological polar surface area (TPSA) is 178 Å². The lowest BCUT2D eigenvalue weighted by atomic mass is 9.97. The highest BCUT2D eigenvalue weighted by atomic mass is 33.1. The van der Waals surface area contributed by atoms with E-state index in [4.69, 9.17) is 28.8 Å². The maximum atomic E-state index is 15.0. The molecule has 2 rings (SSSR count). The summed E-state index contributed by atoms with van der Waals surface area (Å²) in [5, 5.41) is 8.56. The molecule has 2 heterocycles. The van der Waals surface area contributed by atoms with Crippen molar-refractivity contribution in [3.63, 3.8) is 0 Å². The van der Waals surface area contributed by atoms with Gasteiger partial charge in [0.15, 0.2) is 6.17 Å². The summed E-state index contributed by atoms with van der Waals surface area (Å²) in [5.74, 6) is 1.35. The van der Waals surface area contributed by atoms with E-state index in [9.17, 15) is 24.1 Å². The van der Waals surface area contributed by atoms with Crippen molar-refractivity contribution < 1.29 is 46.7 Å². The van der Waals surface area contributed by atoms with Crippen molar-refractivity contribution in [3.8, 4) is 0 Å². The highest BCUT2D eigenvalue weighted by Crippen LogP contribution is 2.52. The van der Waals surface area contributed by atoms with E-state index in [1.165, 1.54) is 55.4 Å². The van der Waals surface area contributed by atoms with Crippen LogP contribution in [-0.4, -0.2) is 100 Å². The van der Waals surface area contributed by atoms with Crippen molar-refractivity contribution in [2.45, 2.75) is 64.4 Å². The zero-order chi connectivity index (χ0) is 35.3. The number of aliphatic hydroxyl groups excluding tert-OH is 1. The number of aromatic nitrogens is 2. The van der Waals surface area contributed by atoms with Gasteiger partial charge in [-0.15, -0.1) is 11.8 Å². The van der Waals surface area contributed by atoms with Crippen LogP contribution in [0.15, 0.2) is 17.1 Å². The Hall–Kier alpha value is -0.630. The van der Waals surface area contributed by atoms with Crippen molar-refractivity contribution in [2.24, 2.45) is 10.8 Å². The summed E-state index contributed by atoms with van der Waals surface area (Å²) in [4.78, 5) is 39.6. The van der Waals surface area contributed by atoms with Gasteiger partial charge in [-0.1, -0.05) is 43.2 Å². The Morgan fingerprint density at radius 1 is 0.936 bits per heavy atom. The first-order valence-corrected chi connectivity index (χ1v) is 22.0. The lowest BCUT2D eigenvalue weighted by molar-refractivity contribution is -0.152. The molecule has 1 aromatic rings. The molecule has 0 aliphatic carbocycles. The number of phosphoric ester groups is 1. The number of hydrogen-bond acceptors (Lipinski definition) is 17. The lowest BCUT2D eigenvalue weighted by Gasteiger charge is -2.21. The van der Waals surface area contributed by atoms with E-state index < -0.39 is 47.2 Å². The maximum Gasteiger partial charge on any atom is 0.474 e. The van der Waals surface area contributed by atoms with Crippen molar-refractivity contribution in [1.29, 1.82) is 0 Å². The molecule has 0 aromatic carbocycles. The second-order valence-corrected chi connectivity index (χ2v) is 20.4. The fourth-order valence-corrected chi connectivity index (χ4v) is 9.60.